The molecule has 0 spiro atoms. The zero-order valence-electron chi connectivity index (χ0n) is 17.2. The second-order valence-electron chi connectivity index (χ2n) is 7.94. The smallest absolute Gasteiger partial charge is 0.351 e. The number of alkyl halides is 2. The number of carbonyl (C=O) groups excluding carboxylic acids is 1. The minimum atomic E-state index is -2.89. The van der Waals surface area contributed by atoms with Crippen LogP contribution >= 0.6 is 0 Å². The number of halogens is 2. The summed E-state index contributed by atoms with van der Waals surface area (Å²) in [4.78, 5) is 13.2. The number of aliphatic hydroxyl groups is 1. The number of aromatic nitrogens is 2. The van der Waals surface area contributed by atoms with Gasteiger partial charge in [-0.15, -0.1) is 0 Å². The zero-order chi connectivity index (χ0) is 21.2. The van der Waals surface area contributed by atoms with Crippen molar-refractivity contribution in [3.8, 4) is 5.88 Å². The molecule has 2 atom stereocenters. The summed E-state index contributed by atoms with van der Waals surface area (Å²) in [7, 11) is 1.77. The molecule has 0 saturated heterocycles. The molecule has 1 fully saturated rings. The van der Waals surface area contributed by atoms with Crippen molar-refractivity contribution in [2.24, 2.45) is 13.0 Å². The Labute approximate surface area is 169 Å². The van der Waals surface area contributed by atoms with Gasteiger partial charge in [-0.05, 0) is 18.4 Å². The van der Waals surface area contributed by atoms with E-state index in [4.69, 9.17) is 4.74 Å². The third-order valence-corrected chi connectivity index (χ3v) is 5.97. The maximum absolute atomic E-state index is 13.9. The Bertz CT molecular complexity index is 866. The summed E-state index contributed by atoms with van der Waals surface area (Å²) in [6.07, 6.45) is 2.89. The molecule has 29 heavy (non-hydrogen) atoms. The van der Waals surface area contributed by atoms with Gasteiger partial charge in [0.1, 0.15) is 0 Å². The van der Waals surface area contributed by atoms with Crippen LogP contribution in [0, 0.1) is 12.8 Å². The number of esters is 1. The summed E-state index contributed by atoms with van der Waals surface area (Å²) < 4.78 is 37.1. The molecular weight excluding hydrogens is 378 g/mol. The van der Waals surface area contributed by atoms with Crippen LogP contribution in [0.25, 0.3) is 0 Å². The van der Waals surface area contributed by atoms with Crippen molar-refractivity contribution in [1.82, 2.24) is 4.57 Å². The van der Waals surface area contributed by atoms with Crippen LogP contribution < -0.4 is 9.30 Å². The van der Waals surface area contributed by atoms with Gasteiger partial charge in [-0.2, -0.15) is 4.57 Å². The van der Waals surface area contributed by atoms with E-state index in [-0.39, 0.29) is 24.3 Å². The Balaban J connectivity index is 1.92. The van der Waals surface area contributed by atoms with E-state index in [1.54, 1.807) is 48.1 Å². The van der Waals surface area contributed by atoms with E-state index in [0.717, 1.165) is 25.2 Å². The van der Waals surface area contributed by atoms with Gasteiger partial charge in [0.15, 0.2) is 11.8 Å². The van der Waals surface area contributed by atoms with E-state index < -0.39 is 29.8 Å². The molecule has 3 rings (SSSR count). The van der Waals surface area contributed by atoms with Gasteiger partial charge in [-0.3, -0.25) is 0 Å². The lowest BCUT2D eigenvalue weighted by molar-refractivity contribution is -0.702. The monoisotopic (exact) mass is 407 g/mol. The molecule has 0 radical (unpaired) electrons. The molecule has 5 nitrogen and oxygen atoms in total. The predicted octanol–water partition coefficient (Wildman–Crippen LogP) is 3.65. The minimum absolute atomic E-state index is 0.0517. The van der Waals surface area contributed by atoms with E-state index in [2.05, 4.69) is 6.92 Å². The number of hydrogen-bond donors (Lipinski definition) is 1. The Morgan fingerprint density at radius 2 is 2.07 bits per heavy atom. The van der Waals surface area contributed by atoms with Gasteiger partial charge >= 0.3 is 11.8 Å². The van der Waals surface area contributed by atoms with Crippen molar-refractivity contribution in [3.05, 3.63) is 47.9 Å². The van der Waals surface area contributed by atoms with E-state index >= 15 is 0 Å². The van der Waals surface area contributed by atoms with Gasteiger partial charge in [0, 0.05) is 25.7 Å². The van der Waals surface area contributed by atoms with E-state index in [1.807, 2.05) is 11.5 Å². The number of imidazole rings is 1. The van der Waals surface area contributed by atoms with Crippen LogP contribution in [0.5, 0.6) is 5.88 Å². The molecule has 7 heteroatoms. The van der Waals surface area contributed by atoms with Crippen molar-refractivity contribution < 1.29 is 28.0 Å². The van der Waals surface area contributed by atoms with Crippen LogP contribution in [0.15, 0.2) is 36.5 Å². The average Bonchev–Trinajstić information content (AvgIpc) is 3.20. The van der Waals surface area contributed by atoms with Crippen LogP contribution in [0.3, 0.4) is 0 Å². The lowest BCUT2D eigenvalue weighted by Crippen LogP contribution is -2.45. The van der Waals surface area contributed by atoms with Crippen LogP contribution in [0.2, 0.25) is 0 Å². The number of benzene rings is 1. The fraction of sp³-hybridized carbons (Fsp3) is 0.545. The lowest BCUT2D eigenvalue weighted by Gasteiger charge is -2.31. The molecule has 0 amide bonds. The normalized spacial score (nSPS) is 20.4. The fourth-order valence-corrected chi connectivity index (χ4v) is 4.01. The first-order valence-corrected chi connectivity index (χ1v) is 10.1. The number of rotatable bonds is 7. The molecule has 1 saturated carbocycles. The highest BCUT2D eigenvalue weighted by Gasteiger charge is 2.55. The summed E-state index contributed by atoms with van der Waals surface area (Å²) >= 11 is 0. The van der Waals surface area contributed by atoms with E-state index in [0.29, 0.717) is 0 Å². The fourth-order valence-electron chi connectivity index (χ4n) is 4.01. The first-order chi connectivity index (χ1) is 13.7. The maximum Gasteiger partial charge on any atom is 0.351 e. The molecule has 0 unspecified atom stereocenters. The van der Waals surface area contributed by atoms with Crippen molar-refractivity contribution in [2.45, 2.75) is 64.0 Å². The lowest BCUT2D eigenvalue weighted by atomic mass is 9.80. The maximum atomic E-state index is 13.9. The predicted molar refractivity (Wildman–Crippen MR) is 104 cm³/mol. The third kappa shape index (κ3) is 4.20. The number of carbonyl (C=O) groups is 1. The van der Waals surface area contributed by atoms with Crippen LogP contribution in [-0.2, 0) is 24.0 Å². The molecule has 1 aliphatic rings. The molecule has 1 aromatic carbocycles. The van der Waals surface area contributed by atoms with Gasteiger partial charge in [-0.1, -0.05) is 43.7 Å². The van der Waals surface area contributed by atoms with Crippen LogP contribution in [0.1, 0.15) is 50.4 Å². The molecule has 1 aromatic heterocycles. The molecule has 1 N–H and O–H groups in total. The molecule has 2 aromatic rings. The number of unbranched alkanes of at least 4 members (excludes halogenated alkanes) is 1. The van der Waals surface area contributed by atoms with Gasteiger partial charge in [0.2, 0.25) is 5.92 Å². The Morgan fingerprint density at radius 1 is 1.38 bits per heavy atom. The SMILES string of the molecule is CCCC[n+]1cc(OC(=O)[C@](O)(c2ccccc2)[C@@H]2CCC(F)(F)C2)n(C)c1C. The third-order valence-electron chi connectivity index (χ3n) is 5.97. The summed E-state index contributed by atoms with van der Waals surface area (Å²) in [5, 5.41) is 11.4. The van der Waals surface area contributed by atoms with Crippen LogP contribution in [0.4, 0.5) is 8.78 Å². The number of nitrogens with zero attached hydrogens (tertiary/aromatic N) is 2. The van der Waals surface area contributed by atoms with Gasteiger partial charge < -0.3 is 9.84 Å². The molecule has 158 valence electrons. The standard InChI is InChI=1S/C22H29F2N2O3/c1-4-5-13-26-15-19(25(3)16(26)2)29-20(27)22(28,17-9-7-6-8-10-17)18-11-12-21(23,24)14-18/h6-10,15,18,28H,4-5,11-14H2,1-3H3/q+1/t18-,22+/m1/s1. The number of hydrogen-bond acceptors (Lipinski definition) is 3. The number of ether oxygens (including phenoxy) is 1. The summed E-state index contributed by atoms with van der Waals surface area (Å²) in [6.45, 7) is 4.79. The van der Waals surface area contributed by atoms with Crippen molar-refractivity contribution in [2.75, 3.05) is 0 Å². The molecule has 1 heterocycles. The summed E-state index contributed by atoms with van der Waals surface area (Å²) in [5.41, 5.74) is -1.86. The zero-order valence-corrected chi connectivity index (χ0v) is 17.2. The van der Waals surface area contributed by atoms with Crippen molar-refractivity contribution >= 4 is 5.97 Å². The first kappa shape index (κ1) is 21.4. The molecule has 0 bridgehead atoms. The Morgan fingerprint density at radius 3 is 2.66 bits per heavy atom. The van der Waals surface area contributed by atoms with Crippen molar-refractivity contribution in [1.29, 1.82) is 0 Å². The summed E-state index contributed by atoms with van der Waals surface area (Å²) in [5.74, 6) is -3.55. The number of aryl methyl sites for hydroxylation is 1. The minimum Gasteiger partial charge on any atom is -0.384 e. The van der Waals surface area contributed by atoms with Gasteiger partial charge in [-0.25, -0.2) is 18.1 Å². The first-order valence-electron chi connectivity index (χ1n) is 10.1. The Kier molecular flexibility index (Phi) is 6.08. The summed E-state index contributed by atoms with van der Waals surface area (Å²) in [6, 6.07) is 8.25. The topological polar surface area (TPSA) is 55.3 Å². The molecule has 0 aliphatic heterocycles. The second kappa shape index (κ2) is 8.22. The largest absolute Gasteiger partial charge is 0.384 e. The molecular formula is C22H29F2N2O3+. The van der Waals surface area contributed by atoms with E-state index in [1.165, 1.54) is 0 Å². The van der Waals surface area contributed by atoms with Crippen molar-refractivity contribution in [3.63, 3.8) is 0 Å². The highest BCUT2D eigenvalue weighted by atomic mass is 19.3. The van der Waals surface area contributed by atoms with Gasteiger partial charge in [0.25, 0.3) is 5.82 Å². The highest BCUT2D eigenvalue weighted by Crippen LogP contribution is 2.47. The second-order valence-corrected chi connectivity index (χ2v) is 7.94. The highest BCUT2D eigenvalue weighted by molar-refractivity contribution is 5.83. The van der Waals surface area contributed by atoms with Gasteiger partial charge in [0.05, 0.1) is 13.6 Å². The molecule has 1 aliphatic carbocycles. The van der Waals surface area contributed by atoms with Crippen LogP contribution in [-0.4, -0.2) is 21.6 Å². The van der Waals surface area contributed by atoms with E-state index in [9.17, 15) is 18.7 Å². The quantitative estimate of drug-likeness (QED) is 0.563. The average molecular weight is 407 g/mol. The Hall–Kier alpha value is -2.28.